The Balaban J connectivity index is 0. The Morgan fingerprint density at radius 2 is 1.22 bits per heavy atom. The van der Waals surface area contributed by atoms with Crippen LogP contribution < -0.4 is 0 Å². The third kappa shape index (κ3) is 10.9. The number of halogens is 2. The monoisotopic (exact) mass is 266 g/mol. The van der Waals surface area contributed by atoms with Crippen LogP contribution in [0.25, 0.3) is 0 Å². The molecule has 0 saturated carbocycles. The first-order valence-corrected chi connectivity index (χ1v) is 7.24. The van der Waals surface area contributed by atoms with E-state index in [1.807, 2.05) is 27.7 Å². The minimum atomic E-state index is -2.41. The van der Waals surface area contributed by atoms with Gasteiger partial charge in [-0.25, -0.2) is 8.78 Å². The van der Waals surface area contributed by atoms with Crippen molar-refractivity contribution in [3.63, 3.8) is 0 Å². The molecule has 2 nitrogen and oxygen atoms in total. The molecule has 2 rings (SSSR count). The summed E-state index contributed by atoms with van der Waals surface area (Å²) in [7, 11) is 3.88. The number of hydrogen-bond acceptors (Lipinski definition) is 2. The zero-order valence-corrected chi connectivity index (χ0v) is 13.1. The van der Waals surface area contributed by atoms with Crippen LogP contribution in [0.3, 0.4) is 0 Å². The van der Waals surface area contributed by atoms with Crippen molar-refractivity contribution in [1.82, 2.24) is 9.80 Å². The minimum absolute atomic E-state index is 0.0312. The number of hydrogen-bond donors (Lipinski definition) is 0. The molecule has 2 aliphatic heterocycles. The maximum absolute atomic E-state index is 12.2. The van der Waals surface area contributed by atoms with Gasteiger partial charge in [-0.1, -0.05) is 27.7 Å². The summed E-state index contributed by atoms with van der Waals surface area (Å²) in [6.07, 6.45) is 2.86. The minimum Gasteiger partial charge on any atom is -0.306 e. The Hall–Kier alpha value is -0.220. The molecule has 0 unspecified atom stereocenters. The van der Waals surface area contributed by atoms with Crippen LogP contribution in [0, 0.1) is 0 Å². The fourth-order valence-electron chi connectivity index (χ4n) is 1.78. The maximum atomic E-state index is 12.2. The van der Waals surface area contributed by atoms with Crippen LogP contribution in [-0.2, 0) is 0 Å². The molecule has 2 saturated heterocycles. The van der Waals surface area contributed by atoms with E-state index in [1.165, 1.54) is 25.9 Å². The van der Waals surface area contributed by atoms with Gasteiger partial charge in [-0.3, -0.25) is 0 Å². The smallest absolute Gasteiger partial charge is 0.261 e. The van der Waals surface area contributed by atoms with Crippen LogP contribution in [0.2, 0.25) is 0 Å². The summed E-state index contributed by atoms with van der Waals surface area (Å²) in [4.78, 5) is 4.00. The molecule has 0 aliphatic carbocycles. The second-order valence-corrected chi connectivity index (χ2v) is 4.35. The van der Waals surface area contributed by atoms with E-state index in [1.54, 1.807) is 11.9 Å². The number of alkyl halides is 2. The molecule has 18 heavy (non-hydrogen) atoms. The van der Waals surface area contributed by atoms with E-state index in [9.17, 15) is 8.78 Å². The Kier molecular flexibility index (Phi) is 13.2. The van der Waals surface area contributed by atoms with E-state index in [0.717, 1.165) is 0 Å². The van der Waals surface area contributed by atoms with E-state index >= 15 is 0 Å². The second-order valence-electron chi connectivity index (χ2n) is 4.35. The van der Waals surface area contributed by atoms with E-state index in [0.29, 0.717) is 6.54 Å². The van der Waals surface area contributed by atoms with Crippen LogP contribution in [0.1, 0.15) is 47.0 Å². The Morgan fingerprint density at radius 3 is 1.33 bits per heavy atom. The normalized spacial score (nSPS) is 22.0. The summed E-state index contributed by atoms with van der Waals surface area (Å²) in [6.45, 7) is 11.1. The highest BCUT2D eigenvalue weighted by Gasteiger charge is 2.35. The van der Waals surface area contributed by atoms with Gasteiger partial charge < -0.3 is 9.80 Å². The summed E-state index contributed by atoms with van der Waals surface area (Å²) in [5, 5.41) is 0. The van der Waals surface area contributed by atoms with Crippen molar-refractivity contribution in [2.24, 2.45) is 0 Å². The summed E-state index contributed by atoms with van der Waals surface area (Å²) < 4.78 is 24.3. The van der Waals surface area contributed by atoms with Gasteiger partial charge in [0.1, 0.15) is 0 Å². The van der Waals surface area contributed by atoms with Gasteiger partial charge in [-0.15, -0.1) is 0 Å². The maximum Gasteiger partial charge on any atom is 0.261 e. The first-order chi connectivity index (χ1) is 8.49. The predicted octanol–water partition coefficient (Wildman–Crippen LogP) is 3.72. The largest absolute Gasteiger partial charge is 0.306 e. The topological polar surface area (TPSA) is 6.48 Å². The fraction of sp³-hybridized carbons (Fsp3) is 1.00. The lowest BCUT2D eigenvalue weighted by Gasteiger charge is -2.06. The van der Waals surface area contributed by atoms with E-state index < -0.39 is 5.92 Å². The summed E-state index contributed by atoms with van der Waals surface area (Å²) in [5.74, 6) is -2.41. The second kappa shape index (κ2) is 11.8. The molecular formula is C14H32F2N2. The SMILES string of the molecule is CC.CC.CN1CCC(F)(F)C1.CN1CCCC1. The Morgan fingerprint density at radius 1 is 0.778 bits per heavy atom. The Labute approximate surface area is 112 Å². The van der Waals surface area contributed by atoms with E-state index in [-0.39, 0.29) is 13.0 Å². The van der Waals surface area contributed by atoms with Crippen LogP contribution in [0.15, 0.2) is 0 Å². The highest BCUT2D eigenvalue weighted by molar-refractivity contribution is 4.78. The molecule has 2 heterocycles. The standard InChI is InChI=1S/C5H9F2N.C5H11N.2C2H6/c1-8-3-2-5(6,7)4-8;1-6-4-2-3-5-6;2*1-2/h2-4H2,1H3;2-5H2,1H3;2*1-2H3. The molecule has 0 aromatic rings. The highest BCUT2D eigenvalue weighted by Crippen LogP contribution is 2.24. The molecule has 0 aromatic heterocycles. The van der Waals surface area contributed by atoms with Gasteiger partial charge in [0, 0.05) is 13.0 Å². The van der Waals surface area contributed by atoms with Crippen molar-refractivity contribution >= 4 is 0 Å². The van der Waals surface area contributed by atoms with E-state index in [4.69, 9.17) is 0 Å². The summed E-state index contributed by atoms with van der Waals surface area (Å²) >= 11 is 0. The van der Waals surface area contributed by atoms with Crippen LogP contribution in [0.4, 0.5) is 8.78 Å². The van der Waals surface area contributed by atoms with Gasteiger partial charge in [0.15, 0.2) is 0 Å². The lowest BCUT2D eigenvalue weighted by molar-refractivity contribution is 0.0146. The third-order valence-corrected chi connectivity index (χ3v) is 2.69. The fourth-order valence-corrected chi connectivity index (χ4v) is 1.78. The van der Waals surface area contributed by atoms with Crippen molar-refractivity contribution < 1.29 is 8.78 Å². The first-order valence-electron chi connectivity index (χ1n) is 7.24. The van der Waals surface area contributed by atoms with Gasteiger partial charge in [-0.05, 0) is 40.0 Å². The first kappa shape index (κ1) is 20.1. The van der Waals surface area contributed by atoms with Gasteiger partial charge in [0.05, 0.1) is 6.54 Å². The molecule has 2 aliphatic rings. The predicted molar refractivity (Wildman–Crippen MR) is 76.5 cm³/mol. The van der Waals surface area contributed by atoms with Gasteiger partial charge >= 0.3 is 0 Å². The quantitative estimate of drug-likeness (QED) is 0.659. The van der Waals surface area contributed by atoms with Crippen molar-refractivity contribution in [2.75, 3.05) is 40.3 Å². The average Bonchev–Trinajstić information content (AvgIpc) is 2.94. The zero-order chi connectivity index (χ0) is 14.6. The number of rotatable bonds is 0. The molecular weight excluding hydrogens is 234 g/mol. The van der Waals surface area contributed by atoms with Crippen LogP contribution in [-0.4, -0.2) is 56.0 Å². The van der Waals surface area contributed by atoms with Crippen molar-refractivity contribution in [2.45, 2.75) is 52.9 Å². The van der Waals surface area contributed by atoms with E-state index in [2.05, 4.69) is 11.9 Å². The van der Waals surface area contributed by atoms with Crippen molar-refractivity contribution in [3.8, 4) is 0 Å². The number of nitrogens with zero attached hydrogens (tertiary/aromatic N) is 2. The number of likely N-dealkylation sites (tertiary alicyclic amines) is 2. The van der Waals surface area contributed by atoms with Gasteiger partial charge in [-0.2, -0.15) is 0 Å². The molecule has 0 spiro atoms. The van der Waals surface area contributed by atoms with Crippen molar-refractivity contribution in [3.05, 3.63) is 0 Å². The molecule has 0 aromatic carbocycles. The van der Waals surface area contributed by atoms with Gasteiger partial charge in [0.2, 0.25) is 0 Å². The lowest BCUT2D eigenvalue weighted by Crippen LogP contribution is -2.21. The molecule has 2 fully saturated rings. The summed E-state index contributed by atoms with van der Waals surface area (Å²) in [5.41, 5.74) is 0. The van der Waals surface area contributed by atoms with Crippen LogP contribution in [0.5, 0.6) is 0 Å². The highest BCUT2D eigenvalue weighted by atomic mass is 19.3. The Bertz CT molecular complexity index is 169. The molecule has 0 N–H and O–H groups in total. The van der Waals surface area contributed by atoms with Crippen molar-refractivity contribution in [1.29, 1.82) is 0 Å². The molecule has 0 atom stereocenters. The third-order valence-electron chi connectivity index (χ3n) is 2.69. The van der Waals surface area contributed by atoms with Gasteiger partial charge in [0.25, 0.3) is 5.92 Å². The summed E-state index contributed by atoms with van der Waals surface area (Å²) in [6, 6.07) is 0. The molecule has 0 radical (unpaired) electrons. The molecule has 0 amide bonds. The lowest BCUT2D eigenvalue weighted by atomic mass is 10.3. The molecule has 0 bridgehead atoms. The van der Waals surface area contributed by atoms with Crippen LogP contribution >= 0.6 is 0 Å². The average molecular weight is 266 g/mol. The molecule has 4 heteroatoms. The zero-order valence-electron chi connectivity index (χ0n) is 13.1. The molecule has 112 valence electrons.